The van der Waals surface area contributed by atoms with Crippen molar-refractivity contribution in [2.45, 2.75) is 0 Å². The van der Waals surface area contributed by atoms with Crippen LogP contribution in [0.15, 0.2) is 48.5 Å². The minimum absolute atomic E-state index is 0.184. The number of nitrogens with zero attached hydrogens (tertiary/aromatic N) is 1. The summed E-state index contributed by atoms with van der Waals surface area (Å²) in [7, 11) is 1.59. The van der Waals surface area contributed by atoms with Crippen molar-refractivity contribution in [1.82, 2.24) is 0 Å². The maximum absolute atomic E-state index is 10.8. The molecular weight excluding hydrogens is 292 g/mol. The van der Waals surface area contributed by atoms with Gasteiger partial charge >= 0.3 is 0 Å². The normalized spacial score (nSPS) is 10.7. The first-order valence-electron chi connectivity index (χ1n) is 6.90. The van der Waals surface area contributed by atoms with E-state index in [0.717, 1.165) is 16.9 Å². The molecule has 23 heavy (non-hydrogen) atoms. The maximum atomic E-state index is 10.8. The summed E-state index contributed by atoms with van der Waals surface area (Å²) in [5.41, 5.74) is 7.14. The molecule has 116 valence electrons. The first-order valence-corrected chi connectivity index (χ1v) is 6.90. The van der Waals surface area contributed by atoms with E-state index in [1.807, 2.05) is 18.2 Å². The molecule has 2 N–H and O–H groups in total. The quantitative estimate of drug-likeness (QED) is 0.656. The Labute approximate surface area is 134 Å². The third-order valence-electron chi connectivity index (χ3n) is 3.07. The Bertz CT molecular complexity index is 759. The first-order chi connectivity index (χ1) is 11.1. The molecular formula is C18H16N2O3. The van der Waals surface area contributed by atoms with Gasteiger partial charge in [-0.05, 0) is 53.6 Å². The Morgan fingerprint density at radius 2 is 1.96 bits per heavy atom. The average molecular weight is 308 g/mol. The zero-order chi connectivity index (χ0) is 16.7. The summed E-state index contributed by atoms with van der Waals surface area (Å²) in [6, 6.07) is 16.5. The van der Waals surface area contributed by atoms with E-state index in [4.69, 9.17) is 15.2 Å². The van der Waals surface area contributed by atoms with Gasteiger partial charge in [0.2, 0.25) is 0 Å². The SMILES string of the molecule is COc1ccc(/C(C#N)=C/c2cccc(OCC(N)=O)c2)cc1. The highest BCUT2D eigenvalue weighted by Gasteiger charge is 2.03. The molecule has 5 heteroatoms. The van der Waals surface area contributed by atoms with Crippen LogP contribution >= 0.6 is 0 Å². The van der Waals surface area contributed by atoms with E-state index in [1.54, 1.807) is 43.5 Å². The standard InChI is InChI=1S/C18H16N2O3/c1-22-16-7-5-14(6-8-16)15(11-19)9-13-3-2-4-17(10-13)23-12-18(20)21/h2-10H,12H2,1H3,(H2,20,21)/b15-9+. The lowest BCUT2D eigenvalue weighted by atomic mass is 10.0. The second-order valence-electron chi connectivity index (χ2n) is 4.73. The van der Waals surface area contributed by atoms with Crippen LogP contribution in [-0.2, 0) is 4.79 Å². The van der Waals surface area contributed by atoms with Crippen molar-refractivity contribution in [2.75, 3.05) is 13.7 Å². The molecule has 0 radical (unpaired) electrons. The fraction of sp³-hybridized carbons (Fsp3) is 0.111. The molecule has 2 aromatic carbocycles. The number of allylic oxidation sites excluding steroid dienone is 1. The van der Waals surface area contributed by atoms with Crippen molar-refractivity contribution in [3.05, 3.63) is 59.7 Å². The van der Waals surface area contributed by atoms with E-state index in [9.17, 15) is 10.1 Å². The second kappa shape index (κ2) is 7.66. The van der Waals surface area contributed by atoms with E-state index in [-0.39, 0.29) is 6.61 Å². The summed E-state index contributed by atoms with van der Waals surface area (Å²) >= 11 is 0. The van der Waals surface area contributed by atoms with Crippen LogP contribution in [0.5, 0.6) is 11.5 Å². The zero-order valence-corrected chi connectivity index (χ0v) is 12.7. The molecule has 0 saturated carbocycles. The molecule has 0 aromatic heterocycles. The number of methoxy groups -OCH3 is 1. The molecule has 0 aliphatic carbocycles. The van der Waals surface area contributed by atoms with E-state index in [0.29, 0.717) is 11.3 Å². The summed E-state index contributed by atoms with van der Waals surface area (Å²) in [6.07, 6.45) is 1.75. The Balaban J connectivity index is 2.25. The molecule has 5 nitrogen and oxygen atoms in total. The summed E-state index contributed by atoms with van der Waals surface area (Å²) in [4.78, 5) is 10.8. The van der Waals surface area contributed by atoms with Crippen molar-refractivity contribution in [2.24, 2.45) is 5.73 Å². The summed E-state index contributed by atoms with van der Waals surface area (Å²) in [5, 5.41) is 9.37. The number of ether oxygens (including phenoxy) is 2. The van der Waals surface area contributed by atoms with Gasteiger partial charge in [0.15, 0.2) is 6.61 Å². The third kappa shape index (κ3) is 4.61. The van der Waals surface area contributed by atoms with Crippen molar-refractivity contribution in [1.29, 1.82) is 5.26 Å². The molecule has 0 aliphatic rings. The monoisotopic (exact) mass is 308 g/mol. The van der Waals surface area contributed by atoms with Crippen LogP contribution in [0.25, 0.3) is 11.6 Å². The number of amides is 1. The highest BCUT2D eigenvalue weighted by Crippen LogP contribution is 2.22. The van der Waals surface area contributed by atoms with E-state index in [2.05, 4.69) is 6.07 Å². The highest BCUT2D eigenvalue weighted by atomic mass is 16.5. The van der Waals surface area contributed by atoms with Crippen LogP contribution in [0, 0.1) is 11.3 Å². The third-order valence-corrected chi connectivity index (χ3v) is 3.07. The number of hydrogen-bond donors (Lipinski definition) is 1. The van der Waals surface area contributed by atoms with Crippen LogP contribution in [0.3, 0.4) is 0 Å². The molecule has 1 amide bonds. The summed E-state index contributed by atoms with van der Waals surface area (Å²) in [5.74, 6) is 0.708. The fourth-order valence-corrected chi connectivity index (χ4v) is 1.97. The van der Waals surface area contributed by atoms with Crippen LogP contribution in [-0.4, -0.2) is 19.6 Å². The van der Waals surface area contributed by atoms with Gasteiger partial charge in [-0.2, -0.15) is 5.26 Å². The van der Waals surface area contributed by atoms with Gasteiger partial charge in [-0.25, -0.2) is 0 Å². The molecule has 0 unspecified atom stereocenters. The van der Waals surface area contributed by atoms with Crippen LogP contribution in [0.1, 0.15) is 11.1 Å². The molecule has 0 saturated heterocycles. The van der Waals surface area contributed by atoms with Gasteiger partial charge in [-0.3, -0.25) is 4.79 Å². The Morgan fingerprint density at radius 1 is 1.22 bits per heavy atom. The van der Waals surface area contributed by atoms with Crippen LogP contribution in [0.2, 0.25) is 0 Å². The molecule has 0 fully saturated rings. The fourth-order valence-electron chi connectivity index (χ4n) is 1.97. The number of nitrogens with two attached hydrogens (primary N) is 1. The summed E-state index contributed by atoms with van der Waals surface area (Å²) in [6.45, 7) is -0.184. The number of carbonyl (C=O) groups excluding carboxylic acids is 1. The Hall–Kier alpha value is -3.26. The van der Waals surface area contributed by atoms with Crippen molar-refractivity contribution >= 4 is 17.6 Å². The average Bonchev–Trinajstić information content (AvgIpc) is 2.58. The van der Waals surface area contributed by atoms with Crippen molar-refractivity contribution < 1.29 is 14.3 Å². The molecule has 0 spiro atoms. The van der Waals surface area contributed by atoms with Gasteiger partial charge in [0.1, 0.15) is 11.5 Å². The molecule has 0 bridgehead atoms. The van der Waals surface area contributed by atoms with Gasteiger partial charge in [0, 0.05) is 0 Å². The number of nitriles is 1. The number of carbonyl (C=O) groups is 1. The minimum Gasteiger partial charge on any atom is -0.497 e. The molecule has 0 heterocycles. The van der Waals surface area contributed by atoms with Gasteiger partial charge in [-0.1, -0.05) is 12.1 Å². The number of hydrogen-bond acceptors (Lipinski definition) is 4. The van der Waals surface area contributed by atoms with Gasteiger partial charge in [0.25, 0.3) is 5.91 Å². The van der Waals surface area contributed by atoms with Crippen LogP contribution in [0.4, 0.5) is 0 Å². The number of rotatable bonds is 6. The zero-order valence-electron chi connectivity index (χ0n) is 12.7. The molecule has 2 rings (SSSR count). The van der Waals surface area contributed by atoms with Gasteiger partial charge in [-0.15, -0.1) is 0 Å². The smallest absolute Gasteiger partial charge is 0.255 e. The molecule has 0 aliphatic heterocycles. The number of primary amides is 1. The molecule has 2 aromatic rings. The van der Waals surface area contributed by atoms with E-state index >= 15 is 0 Å². The Kier molecular flexibility index (Phi) is 5.37. The minimum atomic E-state index is -0.540. The van der Waals surface area contributed by atoms with Crippen LogP contribution < -0.4 is 15.2 Å². The van der Waals surface area contributed by atoms with Crippen molar-refractivity contribution in [3.8, 4) is 17.6 Å². The lowest BCUT2D eigenvalue weighted by Crippen LogP contribution is -2.19. The highest BCUT2D eigenvalue weighted by molar-refractivity contribution is 5.89. The molecule has 0 atom stereocenters. The summed E-state index contributed by atoms with van der Waals surface area (Å²) < 4.78 is 10.4. The van der Waals surface area contributed by atoms with Gasteiger partial charge < -0.3 is 15.2 Å². The predicted molar refractivity (Wildman–Crippen MR) is 87.6 cm³/mol. The maximum Gasteiger partial charge on any atom is 0.255 e. The first kappa shape index (κ1) is 16.1. The predicted octanol–water partition coefficient (Wildman–Crippen LogP) is 2.62. The second-order valence-corrected chi connectivity index (χ2v) is 4.73. The number of benzene rings is 2. The Morgan fingerprint density at radius 3 is 2.57 bits per heavy atom. The van der Waals surface area contributed by atoms with Crippen molar-refractivity contribution in [3.63, 3.8) is 0 Å². The lowest BCUT2D eigenvalue weighted by Gasteiger charge is -2.05. The lowest BCUT2D eigenvalue weighted by molar-refractivity contribution is -0.119. The van der Waals surface area contributed by atoms with E-state index < -0.39 is 5.91 Å². The van der Waals surface area contributed by atoms with Gasteiger partial charge in [0.05, 0.1) is 18.8 Å². The topological polar surface area (TPSA) is 85.3 Å². The van der Waals surface area contributed by atoms with E-state index in [1.165, 1.54) is 0 Å². The largest absolute Gasteiger partial charge is 0.497 e.